The number of halogens is 2. The zero-order valence-electron chi connectivity index (χ0n) is 9.77. The average molecular weight is 264 g/mol. The van der Waals surface area contributed by atoms with Gasteiger partial charge in [-0.15, -0.1) is 0 Å². The standard InChI is InChI=1S/C13H10F2N2O2/c14-12-6-1-3-9(13(12)15)8-16-10-4-2-5-11(7-10)17(18)19/h1-7,16H,8H2. The van der Waals surface area contributed by atoms with Gasteiger partial charge in [-0.2, -0.15) is 0 Å². The summed E-state index contributed by atoms with van der Waals surface area (Å²) in [7, 11) is 0. The molecular weight excluding hydrogens is 254 g/mol. The minimum atomic E-state index is -0.918. The maximum absolute atomic E-state index is 13.4. The molecule has 0 aliphatic carbocycles. The molecule has 98 valence electrons. The summed E-state index contributed by atoms with van der Waals surface area (Å²) < 4.78 is 26.4. The third-order valence-corrected chi connectivity index (χ3v) is 2.57. The lowest BCUT2D eigenvalue weighted by molar-refractivity contribution is -0.384. The molecular formula is C13H10F2N2O2. The van der Waals surface area contributed by atoms with Crippen LogP contribution in [-0.4, -0.2) is 4.92 Å². The fourth-order valence-electron chi connectivity index (χ4n) is 1.61. The molecule has 0 saturated heterocycles. The van der Waals surface area contributed by atoms with Crippen LogP contribution in [0.25, 0.3) is 0 Å². The molecule has 2 rings (SSSR count). The van der Waals surface area contributed by atoms with Crippen molar-refractivity contribution in [3.63, 3.8) is 0 Å². The Morgan fingerprint density at radius 2 is 1.89 bits per heavy atom. The van der Waals surface area contributed by atoms with E-state index in [2.05, 4.69) is 5.32 Å². The van der Waals surface area contributed by atoms with Crippen LogP contribution in [0.5, 0.6) is 0 Å². The van der Waals surface area contributed by atoms with E-state index in [1.807, 2.05) is 0 Å². The van der Waals surface area contributed by atoms with E-state index < -0.39 is 16.6 Å². The molecule has 2 aromatic rings. The maximum Gasteiger partial charge on any atom is 0.271 e. The predicted octanol–water partition coefficient (Wildman–Crippen LogP) is 3.49. The predicted molar refractivity (Wildman–Crippen MR) is 66.8 cm³/mol. The monoisotopic (exact) mass is 264 g/mol. The van der Waals surface area contributed by atoms with Gasteiger partial charge < -0.3 is 5.32 Å². The number of hydrogen-bond donors (Lipinski definition) is 1. The number of nitro benzene ring substituents is 1. The maximum atomic E-state index is 13.4. The van der Waals surface area contributed by atoms with Crippen LogP contribution in [0.3, 0.4) is 0 Å². The first kappa shape index (κ1) is 12.9. The van der Waals surface area contributed by atoms with Crippen molar-refractivity contribution in [2.24, 2.45) is 0 Å². The Kier molecular flexibility index (Phi) is 3.70. The molecule has 0 saturated carbocycles. The van der Waals surface area contributed by atoms with Crippen LogP contribution in [0.15, 0.2) is 42.5 Å². The molecule has 19 heavy (non-hydrogen) atoms. The van der Waals surface area contributed by atoms with Crippen LogP contribution < -0.4 is 5.32 Å². The number of hydrogen-bond acceptors (Lipinski definition) is 3. The van der Waals surface area contributed by atoms with E-state index in [0.29, 0.717) is 5.69 Å². The first-order valence-corrected chi connectivity index (χ1v) is 5.49. The van der Waals surface area contributed by atoms with Gasteiger partial charge in [0.2, 0.25) is 0 Å². The SMILES string of the molecule is O=[N+]([O-])c1cccc(NCc2cccc(F)c2F)c1. The number of nitro groups is 1. The highest BCUT2D eigenvalue weighted by molar-refractivity contribution is 5.51. The van der Waals surface area contributed by atoms with Crippen molar-refractivity contribution in [1.82, 2.24) is 0 Å². The molecule has 0 spiro atoms. The average Bonchev–Trinajstić information content (AvgIpc) is 2.41. The third-order valence-electron chi connectivity index (χ3n) is 2.57. The van der Waals surface area contributed by atoms with Crippen LogP contribution in [0.4, 0.5) is 20.2 Å². The Hall–Kier alpha value is -2.50. The molecule has 0 unspecified atom stereocenters. The van der Waals surface area contributed by atoms with Crippen molar-refractivity contribution in [3.8, 4) is 0 Å². The van der Waals surface area contributed by atoms with Gasteiger partial charge >= 0.3 is 0 Å². The molecule has 1 N–H and O–H groups in total. The van der Waals surface area contributed by atoms with E-state index in [9.17, 15) is 18.9 Å². The van der Waals surface area contributed by atoms with Gasteiger partial charge in [0, 0.05) is 29.9 Å². The number of anilines is 1. The quantitative estimate of drug-likeness (QED) is 0.679. The lowest BCUT2D eigenvalue weighted by Crippen LogP contribution is -2.03. The van der Waals surface area contributed by atoms with Crippen molar-refractivity contribution in [2.75, 3.05) is 5.32 Å². The normalized spacial score (nSPS) is 10.2. The second-order valence-electron chi connectivity index (χ2n) is 3.87. The van der Waals surface area contributed by atoms with Crippen molar-refractivity contribution >= 4 is 11.4 Å². The summed E-state index contributed by atoms with van der Waals surface area (Å²) in [4.78, 5) is 10.1. The third kappa shape index (κ3) is 3.04. The lowest BCUT2D eigenvalue weighted by Gasteiger charge is -2.07. The molecule has 0 heterocycles. The molecule has 0 atom stereocenters. The van der Waals surface area contributed by atoms with Crippen LogP contribution in [-0.2, 0) is 6.54 Å². The van der Waals surface area contributed by atoms with Crippen LogP contribution in [0.1, 0.15) is 5.56 Å². The van der Waals surface area contributed by atoms with Gasteiger partial charge in [-0.3, -0.25) is 10.1 Å². The summed E-state index contributed by atoms with van der Waals surface area (Å²) in [6.45, 7) is 0.0464. The summed E-state index contributed by atoms with van der Waals surface area (Å²) in [5, 5.41) is 13.4. The van der Waals surface area contributed by atoms with Gasteiger partial charge in [0.05, 0.1) is 4.92 Å². The zero-order chi connectivity index (χ0) is 13.8. The summed E-state index contributed by atoms with van der Waals surface area (Å²) in [6, 6.07) is 9.70. The lowest BCUT2D eigenvalue weighted by atomic mass is 10.2. The summed E-state index contributed by atoms with van der Waals surface area (Å²) in [5.74, 6) is -1.83. The molecule has 0 amide bonds. The minimum absolute atomic E-state index is 0.0464. The van der Waals surface area contributed by atoms with Gasteiger partial charge in [-0.05, 0) is 12.1 Å². The van der Waals surface area contributed by atoms with Crippen molar-refractivity contribution in [3.05, 3.63) is 69.8 Å². The smallest absolute Gasteiger partial charge is 0.271 e. The number of non-ortho nitro benzene ring substituents is 1. The largest absolute Gasteiger partial charge is 0.381 e. The molecule has 2 aromatic carbocycles. The first-order valence-electron chi connectivity index (χ1n) is 5.49. The fraction of sp³-hybridized carbons (Fsp3) is 0.0769. The topological polar surface area (TPSA) is 55.2 Å². The number of benzene rings is 2. The number of nitrogens with zero attached hydrogens (tertiary/aromatic N) is 1. The van der Waals surface area contributed by atoms with E-state index in [4.69, 9.17) is 0 Å². The van der Waals surface area contributed by atoms with Crippen molar-refractivity contribution in [1.29, 1.82) is 0 Å². The number of rotatable bonds is 4. The molecule has 0 aliphatic rings. The molecule has 0 radical (unpaired) electrons. The Bertz CT molecular complexity index is 617. The van der Waals surface area contributed by atoms with E-state index in [1.165, 1.54) is 30.3 Å². The summed E-state index contributed by atoms with van der Waals surface area (Å²) >= 11 is 0. The van der Waals surface area contributed by atoms with Crippen LogP contribution in [0, 0.1) is 21.7 Å². The van der Waals surface area contributed by atoms with Gasteiger partial charge in [0.15, 0.2) is 11.6 Å². The Labute approximate surface area is 107 Å². The molecule has 4 nitrogen and oxygen atoms in total. The molecule has 0 aromatic heterocycles. The molecule has 0 aliphatic heterocycles. The second kappa shape index (κ2) is 5.43. The van der Waals surface area contributed by atoms with Crippen molar-refractivity contribution < 1.29 is 13.7 Å². The highest BCUT2D eigenvalue weighted by Crippen LogP contribution is 2.19. The van der Waals surface area contributed by atoms with E-state index in [1.54, 1.807) is 6.07 Å². The zero-order valence-corrected chi connectivity index (χ0v) is 9.77. The van der Waals surface area contributed by atoms with Gasteiger partial charge in [-0.25, -0.2) is 8.78 Å². The highest BCUT2D eigenvalue weighted by atomic mass is 19.2. The summed E-state index contributed by atoms with van der Waals surface area (Å²) in [5.41, 5.74) is 0.564. The van der Waals surface area contributed by atoms with Crippen molar-refractivity contribution in [2.45, 2.75) is 6.54 Å². The molecule has 0 bridgehead atoms. The number of nitrogens with one attached hydrogen (secondary N) is 1. The van der Waals surface area contributed by atoms with Gasteiger partial charge in [0.1, 0.15) is 0 Å². The Morgan fingerprint density at radius 1 is 1.16 bits per heavy atom. The first-order chi connectivity index (χ1) is 9.08. The Balaban J connectivity index is 2.12. The van der Waals surface area contributed by atoms with E-state index in [-0.39, 0.29) is 17.8 Å². The molecule has 6 heteroatoms. The van der Waals surface area contributed by atoms with E-state index in [0.717, 1.165) is 6.07 Å². The van der Waals surface area contributed by atoms with Crippen LogP contribution >= 0.6 is 0 Å². The fourth-order valence-corrected chi connectivity index (χ4v) is 1.61. The minimum Gasteiger partial charge on any atom is -0.381 e. The van der Waals surface area contributed by atoms with Gasteiger partial charge in [0.25, 0.3) is 5.69 Å². The second-order valence-corrected chi connectivity index (χ2v) is 3.87. The Morgan fingerprint density at radius 3 is 2.63 bits per heavy atom. The molecule has 0 fully saturated rings. The summed E-state index contributed by atoms with van der Waals surface area (Å²) in [6.07, 6.45) is 0. The van der Waals surface area contributed by atoms with Crippen LogP contribution in [0.2, 0.25) is 0 Å². The highest BCUT2D eigenvalue weighted by Gasteiger charge is 2.08. The van der Waals surface area contributed by atoms with E-state index >= 15 is 0 Å². The van der Waals surface area contributed by atoms with Gasteiger partial charge in [-0.1, -0.05) is 18.2 Å².